The summed E-state index contributed by atoms with van der Waals surface area (Å²) in [6, 6.07) is 34.5. The van der Waals surface area contributed by atoms with E-state index in [4.69, 9.17) is 0 Å². The molecule has 0 aromatic heterocycles. The zero-order valence-corrected chi connectivity index (χ0v) is 21.7. The Balaban J connectivity index is 1.14. The number of hydrogen-bond acceptors (Lipinski definition) is 4. The Bertz CT molecular complexity index is 1320. The number of piperazine rings is 1. The highest BCUT2D eigenvalue weighted by Crippen LogP contribution is 2.38. The van der Waals surface area contributed by atoms with Gasteiger partial charge in [-0.25, -0.2) is 0 Å². The fraction of sp³-hybridized carbons (Fsp3) is 0.219. The molecule has 1 heterocycles. The van der Waals surface area contributed by atoms with Crippen LogP contribution in [0.2, 0.25) is 0 Å². The first kappa shape index (κ1) is 25.1. The van der Waals surface area contributed by atoms with Crippen LogP contribution in [-0.4, -0.2) is 52.7 Å². The van der Waals surface area contributed by atoms with Crippen LogP contribution in [0.1, 0.15) is 12.0 Å². The van der Waals surface area contributed by atoms with Gasteiger partial charge in [-0.2, -0.15) is 0 Å². The van der Waals surface area contributed by atoms with Crippen LogP contribution >= 0.6 is 11.8 Å². The van der Waals surface area contributed by atoms with Crippen LogP contribution < -0.4 is 0 Å². The molecule has 0 unspecified atom stereocenters. The number of phenolic OH excluding ortho intramolecular Hbond substituents is 1. The zero-order chi connectivity index (χ0) is 25.5. The number of carbonyl (C=O) groups excluding carboxylic acids is 1. The number of rotatable bonds is 8. The highest BCUT2D eigenvalue weighted by molar-refractivity contribution is 7.99. The van der Waals surface area contributed by atoms with E-state index in [0.717, 1.165) is 65.6 Å². The van der Waals surface area contributed by atoms with Crippen molar-refractivity contribution in [2.24, 2.45) is 0 Å². The van der Waals surface area contributed by atoms with Gasteiger partial charge in [0.15, 0.2) is 0 Å². The summed E-state index contributed by atoms with van der Waals surface area (Å²) >= 11 is 1.69. The van der Waals surface area contributed by atoms with Gasteiger partial charge in [0.1, 0.15) is 5.75 Å². The number of carbonyl (C=O) groups is 1. The molecule has 1 aliphatic heterocycles. The maximum absolute atomic E-state index is 12.8. The topological polar surface area (TPSA) is 43.8 Å². The highest BCUT2D eigenvalue weighted by atomic mass is 32.2. The molecule has 5 rings (SSSR count). The molecule has 0 bridgehead atoms. The van der Waals surface area contributed by atoms with Gasteiger partial charge in [0, 0.05) is 60.9 Å². The molecular formula is C32H32N2O2S. The molecule has 188 valence electrons. The molecule has 4 aromatic rings. The van der Waals surface area contributed by atoms with Crippen LogP contribution in [0.3, 0.4) is 0 Å². The summed E-state index contributed by atoms with van der Waals surface area (Å²) in [5.74, 6) is 1.26. The number of nitrogens with zero attached hydrogens (tertiary/aromatic N) is 2. The summed E-state index contributed by atoms with van der Waals surface area (Å²) in [4.78, 5) is 18.3. The van der Waals surface area contributed by atoms with E-state index in [1.54, 1.807) is 11.8 Å². The number of amides is 1. The summed E-state index contributed by atoms with van der Waals surface area (Å²) in [6.07, 6.45) is 0.530. The first-order chi connectivity index (χ1) is 18.2. The van der Waals surface area contributed by atoms with Crippen molar-refractivity contribution in [1.29, 1.82) is 0 Å². The maximum atomic E-state index is 12.8. The van der Waals surface area contributed by atoms with E-state index < -0.39 is 0 Å². The molecule has 4 nitrogen and oxygen atoms in total. The molecule has 0 radical (unpaired) electrons. The second-order valence-corrected chi connectivity index (χ2v) is 10.5. The third kappa shape index (κ3) is 6.43. The number of aromatic hydroxyl groups is 1. The standard InChI is InChI=1S/C32H32N2O2S/c35-31(34-20-18-33(19-21-34)24-25-9-3-1-4-10-25)17-22-37-28-14-7-13-27(23-28)30-16-8-15-29(32(30)36)26-11-5-2-6-12-26/h1-16,23,36H,17-22,24H2. The van der Waals surface area contributed by atoms with Crippen LogP contribution in [0.25, 0.3) is 22.3 Å². The first-order valence-electron chi connectivity index (χ1n) is 12.8. The lowest BCUT2D eigenvalue weighted by atomic mass is 9.97. The van der Waals surface area contributed by atoms with Gasteiger partial charge in [-0.05, 0) is 28.8 Å². The smallest absolute Gasteiger partial charge is 0.223 e. The Morgan fingerprint density at radius 2 is 1.35 bits per heavy atom. The lowest BCUT2D eigenvalue weighted by molar-refractivity contribution is -0.132. The van der Waals surface area contributed by atoms with Gasteiger partial charge in [0.05, 0.1) is 0 Å². The van der Waals surface area contributed by atoms with Crippen molar-refractivity contribution in [3.05, 3.63) is 109 Å². The maximum Gasteiger partial charge on any atom is 0.223 e. The van der Waals surface area contributed by atoms with Gasteiger partial charge in [0.25, 0.3) is 0 Å². The van der Waals surface area contributed by atoms with Gasteiger partial charge in [-0.1, -0.05) is 91.0 Å². The van der Waals surface area contributed by atoms with E-state index in [1.165, 1.54) is 5.56 Å². The van der Waals surface area contributed by atoms with E-state index >= 15 is 0 Å². The SMILES string of the molecule is O=C(CCSc1cccc(-c2cccc(-c3ccccc3)c2O)c1)N1CCN(Cc2ccccc2)CC1. The molecular weight excluding hydrogens is 476 g/mol. The number of hydrogen-bond donors (Lipinski definition) is 1. The largest absolute Gasteiger partial charge is 0.507 e. The second kappa shape index (κ2) is 12.1. The van der Waals surface area contributed by atoms with E-state index in [-0.39, 0.29) is 11.7 Å². The van der Waals surface area contributed by atoms with Gasteiger partial charge in [-0.15, -0.1) is 11.8 Å². The monoisotopic (exact) mass is 508 g/mol. The van der Waals surface area contributed by atoms with Crippen LogP contribution in [0.15, 0.2) is 108 Å². The molecule has 0 atom stereocenters. The molecule has 1 aliphatic rings. The normalized spacial score (nSPS) is 14.0. The third-order valence-corrected chi connectivity index (χ3v) is 7.82. The third-order valence-electron chi connectivity index (χ3n) is 6.82. The summed E-state index contributed by atoms with van der Waals surface area (Å²) in [6.45, 7) is 4.37. The van der Waals surface area contributed by atoms with Crippen molar-refractivity contribution in [3.63, 3.8) is 0 Å². The second-order valence-electron chi connectivity index (χ2n) is 9.34. The van der Waals surface area contributed by atoms with Crippen molar-refractivity contribution in [2.75, 3.05) is 31.9 Å². The summed E-state index contributed by atoms with van der Waals surface area (Å²) in [5, 5.41) is 11.0. The summed E-state index contributed by atoms with van der Waals surface area (Å²) < 4.78 is 0. The van der Waals surface area contributed by atoms with Crippen LogP contribution in [0.5, 0.6) is 5.75 Å². The molecule has 1 N–H and O–H groups in total. The summed E-state index contributed by atoms with van der Waals surface area (Å²) in [7, 11) is 0. The average molecular weight is 509 g/mol. The fourth-order valence-corrected chi connectivity index (χ4v) is 5.69. The Morgan fingerprint density at radius 1 is 0.730 bits per heavy atom. The van der Waals surface area contributed by atoms with Gasteiger partial charge in [-0.3, -0.25) is 9.69 Å². The van der Waals surface area contributed by atoms with Crippen molar-refractivity contribution in [3.8, 4) is 28.0 Å². The highest BCUT2D eigenvalue weighted by Gasteiger charge is 2.21. The van der Waals surface area contributed by atoms with E-state index in [9.17, 15) is 9.90 Å². The number of benzene rings is 4. The van der Waals surface area contributed by atoms with Gasteiger partial charge in [0.2, 0.25) is 5.91 Å². The van der Waals surface area contributed by atoms with Crippen molar-refractivity contribution in [1.82, 2.24) is 9.80 Å². The quantitative estimate of drug-likeness (QED) is 0.274. The molecule has 4 aromatic carbocycles. The van der Waals surface area contributed by atoms with Crippen LogP contribution in [0, 0.1) is 0 Å². The molecule has 0 spiro atoms. The van der Waals surface area contributed by atoms with Crippen molar-refractivity contribution in [2.45, 2.75) is 17.9 Å². The van der Waals surface area contributed by atoms with Crippen LogP contribution in [-0.2, 0) is 11.3 Å². The Morgan fingerprint density at radius 3 is 2.08 bits per heavy atom. The number of para-hydroxylation sites is 1. The van der Waals surface area contributed by atoms with E-state index in [2.05, 4.69) is 41.3 Å². The number of thioether (sulfide) groups is 1. The molecule has 5 heteroatoms. The Hall–Kier alpha value is -3.54. The van der Waals surface area contributed by atoms with Crippen LogP contribution in [0.4, 0.5) is 0 Å². The van der Waals surface area contributed by atoms with E-state index in [0.29, 0.717) is 6.42 Å². The molecule has 1 fully saturated rings. The minimum Gasteiger partial charge on any atom is -0.507 e. The van der Waals surface area contributed by atoms with Gasteiger partial charge < -0.3 is 10.0 Å². The molecule has 37 heavy (non-hydrogen) atoms. The number of phenols is 1. The zero-order valence-electron chi connectivity index (χ0n) is 20.9. The lowest BCUT2D eigenvalue weighted by Crippen LogP contribution is -2.48. The Kier molecular flexibility index (Phi) is 8.24. The fourth-order valence-electron chi connectivity index (χ4n) is 4.79. The predicted octanol–water partition coefficient (Wildman–Crippen LogP) is 6.55. The van der Waals surface area contributed by atoms with Crippen molar-refractivity contribution >= 4 is 17.7 Å². The first-order valence-corrected chi connectivity index (χ1v) is 13.8. The predicted molar refractivity (Wildman–Crippen MR) is 153 cm³/mol. The molecule has 1 saturated heterocycles. The van der Waals surface area contributed by atoms with Crippen molar-refractivity contribution < 1.29 is 9.90 Å². The molecule has 0 saturated carbocycles. The summed E-state index contributed by atoms with van der Waals surface area (Å²) in [5.41, 5.74) is 4.92. The molecule has 0 aliphatic carbocycles. The average Bonchev–Trinajstić information content (AvgIpc) is 2.95. The Labute approximate surface area is 223 Å². The van der Waals surface area contributed by atoms with E-state index in [1.807, 2.05) is 71.6 Å². The minimum atomic E-state index is 0.233. The molecule has 1 amide bonds. The minimum absolute atomic E-state index is 0.233. The van der Waals surface area contributed by atoms with Gasteiger partial charge >= 0.3 is 0 Å². The lowest BCUT2D eigenvalue weighted by Gasteiger charge is -2.34.